The van der Waals surface area contributed by atoms with E-state index in [-0.39, 0.29) is 12.6 Å². The predicted molar refractivity (Wildman–Crippen MR) is 45.2 cm³/mol. The topological polar surface area (TPSA) is 46.2 Å². The number of ether oxygens (including phenoxy) is 1. The molecule has 0 aliphatic rings. The molecule has 3 nitrogen and oxygen atoms in total. The molecular formula is C9H15O3. The summed E-state index contributed by atoms with van der Waals surface area (Å²) in [7, 11) is 0. The molecule has 0 aliphatic heterocycles. The van der Waals surface area contributed by atoms with Gasteiger partial charge in [-0.2, -0.15) is 0 Å². The van der Waals surface area contributed by atoms with Gasteiger partial charge in [0.05, 0.1) is 13.2 Å². The number of carbonyl (C=O) groups is 1. The number of unbranched alkanes of at least 4 members (excludes halogenated alkanes) is 3. The first kappa shape index (κ1) is 11.2. The highest BCUT2D eigenvalue weighted by molar-refractivity contribution is 5.81. The summed E-state index contributed by atoms with van der Waals surface area (Å²) in [5.41, 5.74) is 0. The number of esters is 1. The van der Waals surface area contributed by atoms with Crippen molar-refractivity contribution in [3.63, 3.8) is 0 Å². The van der Waals surface area contributed by atoms with E-state index in [4.69, 9.17) is 4.74 Å². The van der Waals surface area contributed by atoms with E-state index >= 15 is 0 Å². The minimum Gasteiger partial charge on any atom is -0.463 e. The van der Waals surface area contributed by atoms with Crippen molar-refractivity contribution in [2.45, 2.75) is 25.7 Å². The molecular weight excluding hydrogens is 156 g/mol. The van der Waals surface area contributed by atoms with Crippen molar-refractivity contribution in [3.05, 3.63) is 12.7 Å². The molecule has 69 valence electrons. The molecule has 0 aromatic carbocycles. The fourth-order valence-corrected chi connectivity index (χ4v) is 0.789. The molecule has 0 fully saturated rings. The van der Waals surface area contributed by atoms with Crippen molar-refractivity contribution < 1.29 is 14.6 Å². The Morgan fingerprint density at radius 1 is 1.25 bits per heavy atom. The lowest BCUT2D eigenvalue weighted by Gasteiger charge is -2.00. The number of carbonyl (C=O) groups excluding carboxylic acids is 1. The van der Waals surface area contributed by atoms with Crippen LogP contribution in [0.15, 0.2) is 12.7 Å². The van der Waals surface area contributed by atoms with Crippen LogP contribution in [0, 0.1) is 0 Å². The van der Waals surface area contributed by atoms with Crippen LogP contribution in [0.5, 0.6) is 0 Å². The Morgan fingerprint density at radius 3 is 2.50 bits per heavy atom. The highest BCUT2D eigenvalue weighted by Gasteiger charge is 1.94. The Hall–Kier alpha value is -0.830. The Balaban J connectivity index is 3.00. The second-order valence-electron chi connectivity index (χ2n) is 2.49. The average molecular weight is 171 g/mol. The van der Waals surface area contributed by atoms with Gasteiger partial charge in [-0.25, -0.2) is 9.90 Å². The molecule has 0 atom stereocenters. The van der Waals surface area contributed by atoms with E-state index < -0.39 is 0 Å². The second-order valence-corrected chi connectivity index (χ2v) is 2.49. The second kappa shape index (κ2) is 8.27. The van der Waals surface area contributed by atoms with Crippen LogP contribution in [0.25, 0.3) is 0 Å². The molecule has 0 unspecified atom stereocenters. The first-order valence-electron chi connectivity index (χ1n) is 4.18. The maximum atomic E-state index is 10.5. The van der Waals surface area contributed by atoms with Crippen LogP contribution >= 0.6 is 0 Å². The third kappa shape index (κ3) is 7.28. The first-order chi connectivity index (χ1) is 5.81. The van der Waals surface area contributed by atoms with Gasteiger partial charge in [-0.3, -0.25) is 0 Å². The van der Waals surface area contributed by atoms with E-state index in [1.54, 1.807) is 0 Å². The molecule has 1 radical (unpaired) electrons. The molecule has 0 heterocycles. The third-order valence-electron chi connectivity index (χ3n) is 1.45. The van der Waals surface area contributed by atoms with E-state index in [9.17, 15) is 9.90 Å². The smallest absolute Gasteiger partial charge is 0.330 e. The lowest BCUT2D eigenvalue weighted by atomic mass is 10.2. The van der Waals surface area contributed by atoms with Gasteiger partial charge in [0, 0.05) is 6.08 Å². The molecule has 0 spiro atoms. The van der Waals surface area contributed by atoms with Crippen molar-refractivity contribution in [2.24, 2.45) is 0 Å². The van der Waals surface area contributed by atoms with E-state index in [1.807, 2.05) is 0 Å². The fourth-order valence-electron chi connectivity index (χ4n) is 0.789. The molecule has 0 saturated carbocycles. The van der Waals surface area contributed by atoms with Crippen molar-refractivity contribution >= 4 is 5.97 Å². The van der Waals surface area contributed by atoms with Crippen LogP contribution < -0.4 is 0 Å². The van der Waals surface area contributed by atoms with Crippen molar-refractivity contribution in [1.29, 1.82) is 0 Å². The predicted octanol–water partition coefficient (Wildman–Crippen LogP) is 1.71. The molecule has 0 aromatic heterocycles. The maximum absolute atomic E-state index is 10.5. The number of hydrogen-bond acceptors (Lipinski definition) is 2. The van der Waals surface area contributed by atoms with Gasteiger partial charge in [-0.05, 0) is 19.3 Å². The van der Waals surface area contributed by atoms with E-state index in [1.165, 1.54) is 0 Å². The van der Waals surface area contributed by atoms with Gasteiger partial charge in [0.15, 0.2) is 0 Å². The molecule has 0 bridgehead atoms. The summed E-state index contributed by atoms with van der Waals surface area (Å²) in [6, 6.07) is 0. The summed E-state index contributed by atoms with van der Waals surface area (Å²) in [5.74, 6) is -0.376. The first-order valence-corrected chi connectivity index (χ1v) is 4.18. The minimum absolute atomic E-state index is 0.00749. The maximum Gasteiger partial charge on any atom is 0.330 e. The van der Waals surface area contributed by atoms with Crippen LogP contribution in [0.4, 0.5) is 0 Å². The van der Waals surface area contributed by atoms with Gasteiger partial charge in [0.1, 0.15) is 0 Å². The van der Waals surface area contributed by atoms with Crippen LogP contribution in [-0.2, 0) is 14.6 Å². The highest BCUT2D eigenvalue weighted by atomic mass is 16.5. The zero-order valence-corrected chi connectivity index (χ0v) is 7.25. The van der Waals surface area contributed by atoms with Crippen LogP contribution in [0.1, 0.15) is 25.7 Å². The molecule has 0 aromatic rings. The highest BCUT2D eigenvalue weighted by Crippen LogP contribution is 1.99. The standard InChI is InChI=1S/C9H15O3/c1-2-9(11)12-8-6-4-3-5-7-10/h2H,1,3-8H2. The van der Waals surface area contributed by atoms with Gasteiger partial charge < -0.3 is 4.74 Å². The molecule has 0 amide bonds. The normalized spacial score (nSPS) is 9.42. The summed E-state index contributed by atoms with van der Waals surface area (Å²) in [6.07, 6.45) is 4.58. The van der Waals surface area contributed by atoms with Gasteiger partial charge in [-0.1, -0.05) is 13.0 Å². The van der Waals surface area contributed by atoms with Gasteiger partial charge in [0.25, 0.3) is 0 Å². The lowest BCUT2D eigenvalue weighted by Crippen LogP contribution is -2.01. The van der Waals surface area contributed by atoms with E-state index in [0.717, 1.165) is 31.8 Å². The van der Waals surface area contributed by atoms with Crippen molar-refractivity contribution in [1.82, 2.24) is 0 Å². The van der Waals surface area contributed by atoms with Crippen LogP contribution in [0.3, 0.4) is 0 Å². The molecule has 0 aliphatic carbocycles. The van der Waals surface area contributed by atoms with Crippen LogP contribution in [-0.4, -0.2) is 19.2 Å². The summed E-state index contributed by atoms with van der Waals surface area (Å²) in [6.45, 7) is 3.70. The lowest BCUT2D eigenvalue weighted by molar-refractivity contribution is -0.137. The molecule has 3 heteroatoms. The molecule has 0 saturated heterocycles. The number of rotatable bonds is 7. The van der Waals surface area contributed by atoms with E-state index in [2.05, 4.69) is 6.58 Å². The third-order valence-corrected chi connectivity index (χ3v) is 1.45. The minimum atomic E-state index is -0.376. The summed E-state index contributed by atoms with van der Waals surface area (Å²) in [5, 5.41) is 10.0. The molecule has 0 rings (SSSR count). The fraction of sp³-hybridized carbons (Fsp3) is 0.667. The van der Waals surface area contributed by atoms with Gasteiger partial charge in [-0.15, -0.1) is 0 Å². The molecule has 0 N–H and O–H groups in total. The van der Waals surface area contributed by atoms with E-state index in [0.29, 0.717) is 6.61 Å². The zero-order chi connectivity index (χ0) is 9.23. The monoisotopic (exact) mass is 171 g/mol. The van der Waals surface area contributed by atoms with Crippen LogP contribution in [0.2, 0.25) is 0 Å². The van der Waals surface area contributed by atoms with Crippen molar-refractivity contribution in [2.75, 3.05) is 13.2 Å². The SMILES string of the molecule is C=CC(=O)OCCCCCC[O]. The quantitative estimate of drug-likeness (QED) is 0.332. The Kier molecular flexibility index (Phi) is 7.70. The zero-order valence-electron chi connectivity index (χ0n) is 7.25. The number of hydrogen-bond donors (Lipinski definition) is 0. The Morgan fingerprint density at radius 2 is 1.92 bits per heavy atom. The van der Waals surface area contributed by atoms with Gasteiger partial charge >= 0.3 is 5.97 Å². The molecule has 12 heavy (non-hydrogen) atoms. The largest absolute Gasteiger partial charge is 0.463 e. The van der Waals surface area contributed by atoms with Crippen molar-refractivity contribution in [3.8, 4) is 0 Å². The Labute approximate surface area is 73.0 Å². The summed E-state index contributed by atoms with van der Waals surface area (Å²) in [4.78, 5) is 10.5. The Bertz CT molecular complexity index is 132. The summed E-state index contributed by atoms with van der Waals surface area (Å²) >= 11 is 0. The summed E-state index contributed by atoms with van der Waals surface area (Å²) < 4.78 is 4.74. The average Bonchev–Trinajstić information content (AvgIpc) is 2.10. The van der Waals surface area contributed by atoms with Gasteiger partial charge in [0.2, 0.25) is 0 Å².